The third-order valence-electron chi connectivity index (χ3n) is 6.29. The largest absolute Gasteiger partial charge is 0.454 e. The molecule has 182 valence electrons. The summed E-state index contributed by atoms with van der Waals surface area (Å²) >= 11 is 7.86. The van der Waals surface area contributed by atoms with Crippen LogP contribution in [0.2, 0.25) is 5.02 Å². The van der Waals surface area contributed by atoms with Crippen LogP contribution in [-0.4, -0.2) is 48.0 Å². The van der Waals surface area contributed by atoms with Crippen molar-refractivity contribution in [1.82, 2.24) is 9.80 Å². The topological polar surface area (TPSA) is 59.1 Å². The van der Waals surface area contributed by atoms with Gasteiger partial charge in [0.2, 0.25) is 12.7 Å². The number of benzene rings is 2. The van der Waals surface area contributed by atoms with Crippen molar-refractivity contribution in [2.45, 2.75) is 26.3 Å². The highest BCUT2D eigenvalue weighted by atomic mass is 35.5. The van der Waals surface area contributed by atoms with Crippen molar-refractivity contribution in [1.29, 1.82) is 0 Å². The van der Waals surface area contributed by atoms with Gasteiger partial charge >= 0.3 is 0 Å². The lowest BCUT2D eigenvalue weighted by Crippen LogP contribution is -2.47. The van der Waals surface area contributed by atoms with Crippen LogP contribution in [0, 0.1) is 5.92 Å². The molecule has 2 amide bonds. The summed E-state index contributed by atoms with van der Waals surface area (Å²) < 4.78 is 10.8. The predicted molar refractivity (Wildman–Crippen MR) is 136 cm³/mol. The Morgan fingerprint density at radius 1 is 1.11 bits per heavy atom. The molecule has 0 aliphatic carbocycles. The predicted octanol–water partition coefficient (Wildman–Crippen LogP) is 5.40. The number of halogens is 1. The molecular weight excluding hydrogens is 484 g/mol. The van der Waals surface area contributed by atoms with Gasteiger partial charge in [-0.15, -0.1) is 11.3 Å². The van der Waals surface area contributed by atoms with E-state index in [2.05, 4.69) is 11.4 Å². The van der Waals surface area contributed by atoms with Crippen LogP contribution in [0.3, 0.4) is 0 Å². The fraction of sp³-hybridized carbons (Fsp3) is 0.333. The molecule has 3 heterocycles. The van der Waals surface area contributed by atoms with Crippen LogP contribution >= 0.6 is 22.9 Å². The number of carbonyl (C=O) groups is 2. The summed E-state index contributed by atoms with van der Waals surface area (Å²) in [6.07, 6.45) is 0.809. The highest BCUT2D eigenvalue weighted by Gasteiger charge is 2.34. The maximum absolute atomic E-state index is 13.8. The lowest BCUT2D eigenvalue weighted by molar-refractivity contribution is -0.134. The highest BCUT2D eigenvalue weighted by molar-refractivity contribution is 7.10. The Labute approximate surface area is 214 Å². The molecule has 0 spiro atoms. The van der Waals surface area contributed by atoms with E-state index in [1.54, 1.807) is 34.4 Å². The van der Waals surface area contributed by atoms with Gasteiger partial charge < -0.3 is 19.3 Å². The van der Waals surface area contributed by atoms with Gasteiger partial charge in [0.25, 0.3) is 5.91 Å². The SMILES string of the molecule is CC(C)CN(CC(=O)N1CCc2sccc2C1c1ccc(Cl)cc1)C(=O)c1ccc2c(c1)OCO2. The molecule has 2 aromatic carbocycles. The maximum atomic E-state index is 13.8. The minimum absolute atomic E-state index is 0.00894. The summed E-state index contributed by atoms with van der Waals surface area (Å²) in [5.74, 6) is 1.12. The summed E-state index contributed by atoms with van der Waals surface area (Å²) in [5, 5.41) is 2.74. The Balaban J connectivity index is 1.41. The minimum Gasteiger partial charge on any atom is -0.454 e. The normalized spacial score (nSPS) is 16.3. The summed E-state index contributed by atoms with van der Waals surface area (Å²) in [6, 6.07) is 14.7. The van der Waals surface area contributed by atoms with E-state index in [0.717, 1.165) is 17.5 Å². The number of carbonyl (C=O) groups excluding carboxylic acids is 2. The van der Waals surface area contributed by atoms with Gasteiger partial charge in [-0.05, 0) is 65.2 Å². The molecule has 0 saturated carbocycles. The zero-order valence-electron chi connectivity index (χ0n) is 19.7. The summed E-state index contributed by atoms with van der Waals surface area (Å²) in [6.45, 7) is 5.32. The first-order valence-electron chi connectivity index (χ1n) is 11.7. The van der Waals surface area contributed by atoms with E-state index in [-0.39, 0.29) is 37.1 Å². The number of ether oxygens (including phenoxy) is 2. The molecule has 0 bridgehead atoms. The standard InChI is InChI=1S/C27H27ClN2O4S/c1-17(2)14-29(27(32)19-5-8-22-23(13-19)34-16-33-22)15-25(31)30-11-9-24-21(10-12-35-24)26(30)18-3-6-20(28)7-4-18/h3-8,10,12-13,17,26H,9,11,14-16H2,1-2H3. The van der Waals surface area contributed by atoms with Crippen molar-refractivity contribution in [3.05, 3.63) is 80.5 Å². The average Bonchev–Trinajstić information content (AvgIpc) is 3.51. The molecular formula is C27H27ClN2O4S. The van der Waals surface area contributed by atoms with Crippen molar-refractivity contribution in [3.8, 4) is 11.5 Å². The van der Waals surface area contributed by atoms with E-state index in [0.29, 0.717) is 35.2 Å². The molecule has 0 radical (unpaired) electrons. The Kier molecular flexibility index (Phi) is 6.71. The Morgan fingerprint density at radius 2 is 1.89 bits per heavy atom. The first-order valence-corrected chi connectivity index (χ1v) is 13.0. The summed E-state index contributed by atoms with van der Waals surface area (Å²) in [7, 11) is 0. The van der Waals surface area contributed by atoms with Crippen LogP contribution in [0.5, 0.6) is 11.5 Å². The first-order chi connectivity index (χ1) is 16.9. The molecule has 1 atom stereocenters. The van der Waals surface area contributed by atoms with Crippen LogP contribution in [-0.2, 0) is 11.2 Å². The van der Waals surface area contributed by atoms with E-state index in [9.17, 15) is 9.59 Å². The zero-order chi connectivity index (χ0) is 24.5. The van der Waals surface area contributed by atoms with Gasteiger partial charge in [0.15, 0.2) is 11.5 Å². The molecule has 1 unspecified atom stereocenters. The van der Waals surface area contributed by atoms with Crippen LogP contribution < -0.4 is 9.47 Å². The molecule has 1 aromatic heterocycles. The molecule has 8 heteroatoms. The number of rotatable bonds is 6. The van der Waals surface area contributed by atoms with Crippen molar-refractivity contribution in [2.24, 2.45) is 5.92 Å². The van der Waals surface area contributed by atoms with E-state index >= 15 is 0 Å². The molecule has 3 aromatic rings. The molecule has 6 nitrogen and oxygen atoms in total. The fourth-order valence-corrected chi connectivity index (χ4v) is 5.75. The van der Waals surface area contributed by atoms with Crippen molar-refractivity contribution in [2.75, 3.05) is 26.4 Å². The maximum Gasteiger partial charge on any atom is 0.254 e. The van der Waals surface area contributed by atoms with Gasteiger partial charge in [-0.2, -0.15) is 0 Å². The van der Waals surface area contributed by atoms with Gasteiger partial charge in [0.05, 0.1) is 6.04 Å². The molecule has 0 saturated heterocycles. The molecule has 0 N–H and O–H groups in total. The van der Waals surface area contributed by atoms with E-state index < -0.39 is 0 Å². The van der Waals surface area contributed by atoms with E-state index in [1.165, 1.54) is 4.88 Å². The van der Waals surface area contributed by atoms with Crippen molar-refractivity contribution in [3.63, 3.8) is 0 Å². The molecule has 0 fully saturated rings. The highest BCUT2D eigenvalue weighted by Crippen LogP contribution is 2.38. The van der Waals surface area contributed by atoms with Gasteiger partial charge in [0.1, 0.15) is 6.54 Å². The second-order valence-electron chi connectivity index (χ2n) is 9.24. The number of thiophene rings is 1. The first kappa shape index (κ1) is 23.7. The molecule has 5 rings (SSSR count). The number of nitrogens with zero attached hydrogens (tertiary/aromatic N) is 2. The fourth-order valence-electron chi connectivity index (χ4n) is 4.72. The van der Waals surface area contributed by atoms with Gasteiger partial charge in [-0.25, -0.2) is 0 Å². The molecule has 35 heavy (non-hydrogen) atoms. The van der Waals surface area contributed by atoms with Gasteiger partial charge in [0, 0.05) is 28.6 Å². The smallest absolute Gasteiger partial charge is 0.254 e. The van der Waals surface area contributed by atoms with E-state index in [4.69, 9.17) is 21.1 Å². The van der Waals surface area contributed by atoms with Crippen LogP contribution in [0.15, 0.2) is 53.9 Å². The third-order valence-corrected chi connectivity index (χ3v) is 7.54. The quantitative estimate of drug-likeness (QED) is 0.445. The van der Waals surface area contributed by atoms with Crippen LogP contribution in [0.1, 0.15) is 46.3 Å². The number of amides is 2. The lowest BCUT2D eigenvalue weighted by atomic mass is 9.93. The van der Waals surface area contributed by atoms with Crippen LogP contribution in [0.25, 0.3) is 0 Å². The second-order valence-corrected chi connectivity index (χ2v) is 10.7. The summed E-state index contributed by atoms with van der Waals surface area (Å²) in [4.78, 5) is 32.1. The van der Waals surface area contributed by atoms with Gasteiger partial charge in [-0.3, -0.25) is 9.59 Å². The molecule has 2 aliphatic heterocycles. The minimum atomic E-state index is -0.198. The van der Waals surface area contributed by atoms with Crippen LogP contribution in [0.4, 0.5) is 0 Å². The average molecular weight is 511 g/mol. The van der Waals surface area contributed by atoms with Crippen molar-refractivity contribution < 1.29 is 19.1 Å². The summed E-state index contributed by atoms with van der Waals surface area (Å²) in [5.41, 5.74) is 2.64. The Morgan fingerprint density at radius 3 is 2.66 bits per heavy atom. The monoisotopic (exact) mass is 510 g/mol. The number of fused-ring (bicyclic) bond motifs is 2. The Hall–Kier alpha value is -3.03. The Bertz CT molecular complexity index is 1240. The van der Waals surface area contributed by atoms with E-state index in [1.807, 2.05) is 43.0 Å². The third kappa shape index (κ3) is 4.88. The lowest BCUT2D eigenvalue weighted by Gasteiger charge is -2.38. The second kappa shape index (κ2) is 9.91. The zero-order valence-corrected chi connectivity index (χ0v) is 21.3. The van der Waals surface area contributed by atoms with Crippen molar-refractivity contribution >= 4 is 34.8 Å². The number of hydrogen-bond acceptors (Lipinski definition) is 5. The van der Waals surface area contributed by atoms with Gasteiger partial charge in [-0.1, -0.05) is 37.6 Å². The molecule has 2 aliphatic rings. The number of hydrogen-bond donors (Lipinski definition) is 0.